The Morgan fingerprint density at radius 3 is 2.65 bits per heavy atom. The minimum Gasteiger partial charge on any atom is -0.333 e. The summed E-state index contributed by atoms with van der Waals surface area (Å²) in [4.78, 5) is 14.1. The number of hydrogen-bond donors (Lipinski definition) is 0. The number of halogens is 1. The van der Waals surface area contributed by atoms with Crippen molar-refractivity contribution in [1.82, 2.24) is 4.90 Å². The average Bonchev–Trinajstić information content (AvgIpc) is 2.75. The van der Waals surface area contributed by atoms with Crippen LogP contribution < -0.4 is 0 Å². The normalized spacial score (nSPS) is 28.3. The summed E-state index contributed by atoms with van der Waals surface area (Å²) in [5.74, 6) is 0.332. The second-order valence-corrected chi connectivity index (χ2v) is 5.43. The Morgan fingerprint density at radius 2 is 1.88 bits per heavy atom. The lowest BCUT2D eigenvalue weighted by atomic mass is 10.0. The van der Waals surface area contributed by atoms with E-state index in [1.54, 1.807) is 0 Å². The predicted molar refractivity (Wildman–Crippen MR) is 67.9 cm³/mol. The predicted octanol–water partition coefficient (Wildman–Crippen LogP) is 3.56. The number of fused-ring (bicyclic) bond motifs is 1. The van der Waals surface area contributed by atoms with Crippen molar-refractivity contribution in [2.75, 3.05) is 0 Å². The highest BCUT2D eigenvalue weighted by Crippen LogP contribution is 2.40. The smallest absolute Gasteiger partial charge is 0.223 e. The Labute approximate surface area is 107 Å². The van der Waals surface area contributed by atoms with E-state index in [0.717, 1.165) is 30.7 Å². The minimum absolute atomic E-state index is 0.282. The Kier molecular flexibility index (Phi) is 2.83. The number of hydrogen-bond acceptors (Lipinski definition) is 1. The molecule has 1 aromatic rings. The first-order valence-corrected chi connectivity index (χ1v) is 6.70. The number of benzene rings is 1. The van der Waals surface area contributed by atoms with Gasteiger partial charge in [0.25, 0.3) is 0 Å². The molecule has 2 nitrogen and oxygen atoms in total. The van der Waals surface area contributed by atoms with Crippen LogP contribution in [-0.4, -0.2) is 16.8 Å². The van der Waals surface area contributed by atoms with Gasteiger partial charge in [-0.05, 0) is 43.4 Å². The molecule has 2 saturated heterocycles. The molecule has 2 atom stereocenters. The first kappa shape index (κ1) is 11.1. The van der Waals surface area contributed by atoms with Gasteiger partial charge in [-0.1, -0.05) is 23.7 Å². The van der Waals surface area contributed by atoms with Gasteiger partial charge in [0.05, 0.1) is 6.04 Å². The number of carbonyl (C=O) groups is 1. The Balaban J connectivity index is 1.88. The first-order valence-electron chi connectivity index (χ1n) is 6.32. The quantitative estimate of drug-likeness (QED) is 0.745. The van der Waals surface area contributed by atoms with E-state index in [1.807, 2.05) is 12.1 Å². The lowest BCUT2D eigenvalue weighted by Crippen LogP contribution is -2.40. The van der Waals surface area contributed by atoms with E-state index in [2.05, 4.69) is 17.0 Å². The van der Waals surface area contributed by atoms with Crippen LogP contribution in [0, 0.1) is 0 Å². The third-order valence-corrected chi connectivity index (χ3v) is 4.23. The zero-order chi connectivity index (χ0) is 11.8. The van der Waals surface area contributed by atoms with Crippen LogP contribution in [0.1, 0.15) is 43.7 Å². The van der Waals surface area contributed by atoms with Crippen molar-refractivity contribution >= 4 is 17.5 Å². The third kappa shape index (κ3) is 1.95. The van der Waals surface area contributed by atoms with Crippen molar-refractivity contribution in [2.45, 2.75) is 44.2 Å². The first-order chi connectivity index (χ1) is 8.25. The highest BCUT2D eigenvalue weighted by atomic mass is 35.5. The van der Waals surface area contributed by atoms with Gasteiger partial charge in [-0.15, -0.1) is 0 Å². The van der Waals surface area contributed by atoms with Crippen LogP contribution in [0.15, 0.2) is 24.3 Å². The summed E-state index contributed by atoms with van der Waals surface area (Å²) >= 11 is 5.90. The van der Waals surface area contributed by atoms with Gasteiger partial charge in [0.15, 0.2) is 0 Å². The molecule has 0 bridgehead atoms. The lowest BCUT2D eigenvalue weighted by molar-refractivity contribution is -0.136. The summed E-state index contributed by atoms with van der Waals surface area (Å²) in [6.45, 7) is 0. The number of amides is 1. The van der Waals surface area contributed by atoms with Crippen LogP contribution in [0.2, 0.25) is 5.02 Å². The van der Waals surface area contributed by atoms with Crippen molar-refractivity contribution in [2.24, 2.45) is 0 Å². The van der Waals surface area contributed by atoms with Gasteiger partial charge in [0.1, 0.15) is 0 Å². The molecule has 0 aliphatic carbocycles. The molecule has 0 radical (unpaired) electrons. The van der Waals surface area contributed by atoms with Crippen molar-refractivity contribution in [3.63, 3.8) is 0 Å². The number of carbonyl (C=O) groups excluding carboxylic acids is 1. The van der Waals surface area contributed by atoms with Crippen molar-refractivity contribution in [3.8, 4) is 0 Å². The van der Waals surface area contributed by atoms with Crippen molar-refractivity contribution in [1.29, 1.82) is 0 Å². The zero-order valence-corrected chi connectivity index (χ0v) is 10.5. The molecule has 0 spiro atoms. The van der Waals surface area contributed by atoms with E-state index in [-0.39, 0.29) is 6.04 Å². The van der Waals surface area contributed by atoms with Crippen LogP contribution in [0.25, 0.3) is 0 Å². The molecular weight excluding hydrogens is 234 g/mol. The molecule has 0 aromatic heterocycles. The van der Waals surface area contributed by atoms with Crippen molar-refractivity contribution < 1.29 is 4.79 Å². The molecule has 1 aromatic carbocycles. The Morgan fingerprint density at radius 1 is 1.12 bits per heavy atom. The van der Waals surface area contributed by atoms with E-state index in [0.29, 0.717) is 11.9 Å². The van der Waals surface area contributed by atoms with Crippen LogP contribution >= 0.6 is 11.6 Å². The summed E-state index contributed by atoms with van der Waals surface area (Å²) in [6.07, 6.45) is 5.21. The maximum atomic E-state index is 12.0. The minimum atomic E-state index is 0.282. The molecule has 3 rings (SSSR count). The number of piperidine rings is 1. The standard InChI is InChI=1S/C14H16ClNO/c15-11-6-4-10(5-7-11)13-9-8-12-2-1-3-14(17)16(12)13/h4-7,12-13H,1-3,8-9H2/t12-,13-/m0/s1. The van der Waals surface area contributed by atoms with Gasteiger partial charge < -0.3 is 4.90 Å². The summed E-state index contributed by atoms with van der Waals surface area (Å²) in [6, 6.07) is 8.70. The van der Waals surface area contributed by atoms with Gasteiger partial charge in [-0.25, -0.2) is 0 Å². The van der Waals surface area contributed by atoms with Gasteiger partial charge in [0.2, 0.25) is 5.91 Å². The molecule has 90 valence electrons. The monoisotopic (exact) mass is 249 g/mol. The number of rotatable bonds is 1. The molecule has 2 aliphatic rings. The highest BCUT2D eigenvalue weighted by Gasteiger charge is 2.39. The van der Waals surface area contributed by atoms with E-state index in [9.17, 15) is 4.79 Å². The molecule has 3 heteroatoms. The molecule has 2 aliphatic heterocycles. The molecule has 2 heterocycles. The molecular formula is C14H16ClNO. The van der Waals surface area contributed by atoms with Gasteiger partial charge in [-0.2, -0.15) is 0 Å². The fourth-order valence-corrected chi connectivity index (χ4v) is 3.30. The van der Waals surface area contributed by atoms with E-state index in [1.165, 1.54) is 12.0 Å². The topological polar surface area (TPSA) is 20.3 Å². The molecule has 1 amide bonds. The second kappa shape index (κ2) is 4.34. The lowest BCUT2D eigenvalue weighted by Gasteiger charge is -2.34. The second-order valence-electron chi connectivity index (χ2n) is 4.99. The fourth-order valence-electron chi connectivity index (χ4n) is 3.17. The van der Waals surface area contributed by atoms with E-state index in [4.69, 9.17) is 11.6 Å². The molecule has 17 heavy (non-hydrogen) atoms. The Bertz CT molecular complexity index is 428. The van der Waals surface area contributed by atoms with Gasteiger partial charge in [-0.3, -0.25) is 4.79 Å². The van der Waals surface area contributed by atoms with Crippen LogP contribution in [0.3, 0.4) is 0 Å². The molecule has 0 unspecified atom stereocenters. The summed E-state index contributed by atoms with van der Waals surface area (Å²) < 4.78 is 0. The van der Waals surface area contributed by atoms with Crippen molar-refractivity contribution in [3.05, 3.63) is 34.9 Å². The van der Waals surface area contributed by atoms with E-state index < -0.39 is 0 Å². The maximum absolute atomic E-state index is 12.0. The summed E-state index contributed by atoms with van der Waals surface area (Å²) in [7, 11) is 0. The zero-order valence-electron chi connectivity index (χ0n) is 9.73. The summed E-state index contributed by atoms with van der Waals surface area (Å²) in [5, 5.41) is 0.758. The summed E-state index contributed by atoms with van der Waals surface area (Å²) in [5.41, 5.74) is 1.23. The van der Waals surface area contributed by atoms with Crippen LogP contribution in [0.5, 0.6) is 0 Å². The SMILES string of the molecule is O=C1CCC[C@H]2CC[C@@H](c3ccc(Cl)cc3)N12. The van der Waals surface area contributed by atoms with Crippen LogP contribution in [-0.2, 0) is 4.79 Å². The maximum Gasteiger partial charge on any atom is 0.223 e. The molecule has 0 N–H and O–H groups in total. The van der Waals surface area contributed by atoms with E-state index >= 15 is 0 Å². The fraction of sp³-hybridized carbons (Fsp3) is 0.500. The van der Waals surface area contributed by atoms with Crippen LogP contribution in [0.4, 0.5) is 0 Å². The highest BCUT2D eigenvalue weighted by molar-refractivity contribution is 6.30. The van der Waals surface area contributed by atoms with Gasteiger partial charge in [0, 0.05) is 17.5 Å². The largest absolute Gasteiger partial charge is 0.333 e. The number of nitrogens with zero attached hydrogens (tertiary/aromatic N) is 1. The third-order valence-electron chi connectivity index (χ3n) is 3.97. The molecule has 2 fully saturated rings. The average molecular weight is 250 g/mol. The van der Waals surface area contributed by atoms with Gasteiger partial charge >= 0.3 is 0 Å². The Hall–Kier alpha value is -1.02. The molecule has 0 saturated carbocycles.